The van der Waals surface area contributed by atoms with Gasteiger partial charge in [-0.15, -0.1) is 0 Å². The highest BCUT2D eigenvalue weighted by Gasteiger charge is 2.19. The zero-order chi connectivity index (χ0) is 10.6. The van der Waals surface area contributed by atoms with Crippen LogP contribution in [-0.2, 0) is 0 Å². The molecule has 0 saturated heterocycles. The Hall–Kier alpha value is -1.08. The summed E-state index contributed by atoms with van der Waals surface area (Å²) in [6.07, 6.45) is 3.80. The Morgan fingerprint density at radius 3 is 2.50 bits per heavy atom. The smallest absolute Gasteiger partial charge is 0.0855 e. The monoisotopic (exact) mass is 190 g/mol. The first-order valence-corrected chi connectivity index (χ1v) is 5.24. The van der Waals surface area contributed by atoms with Crippen LogP contribution in [0.2, 0.25) is 0 Å². The third-order valence-corrected chi connectivity index (χ3v) is 2.39. The van der Waals surface area contributed by atoms with Crippen molar-refractivity contribution in [3.8, 4) is 0 Å². The van der Waals surface area contributed by atoms with Gasteiger partial charge in [-0.1, -0.05) is 57.2 Å². The van der Waals surface area contributed by atoms with Gasteiger partial charge in [-0.25, -0.2) is 0 Å². The van der Waals surface area contributed by atoms with E-state index >= 15 is 0 Å². The van der Waals surface area contributed by atoms with E-state index in [0.29, 0.717) is 0 Å². The highest BCUT2D eigenvalue weighted by molar-refractivity contribution is 5.57. The normalized spacial score (nSPS) is 23.4. The van der Waals surface area contributed by atoms with Crippen molar-refractivity contribution >= 4 is 6.08 Å². The number of rotatable bonds is 0. The average molecular weight is 190 g/mol. The van der Waals surface area contributed by atoms with Gasteiger partial charge in [0.05, 0.1) is 6.10 Å². The maximum absolute atomic E-state index is 9.78. The molecule has 76 valence electrons. The molecule has 1 aromatic carbocycles. The fraction of sp³-hybridized carbons (Fsp3) is 0.385. The van der Waals surface area contributed by atoms with E-state index < -0.39 is 0 Å². The van der Waals surface area contributed by atoms with Crippen LogP contribution in [0.25, 0.3) is 6.08 Å². The van der Waals surface area contributed by atoms with Crippen molar-refractivity contribution in [2.75, 3.05) is 0 Å². The minimum atomic E-state index is -0.328. The molecule has 14 heavy (non-hydrogen) atoms. The lowest BCUT2D eigenvalue weighted by atomic mass is 9.88. The molecule has 1 heteroatoms. The van der Waals surface area contributed by atoms with E-state index in [1.165, 1.54) is 0 Å². The van der Waals surface area contributed by atoms with Crippen LogP contribution < -0.4 is 0 Å². The van der Waals surface area contributed by atoms with Crippen LogP contribution in [0.3, 0.4) is 0 Å². The standard InChI is InChI=1S/C11H12O.C2H6/c1-8-6-7-9-4-2-3-5-10(9)11(8)12;1-2/h2-8,11-12H,1H3;1-2H3/t8?,11-;/m0./s1. The second kappa shape index (κ2) is 4.97. The van der Waals surface area contributed by atoms with E-state index in [0.717, 1.165) is 11.1 Å². The molecule has 0 amide bonds. The lowest BCUT2D eigenvalue weighted by molar-refractivity contribution is 0.138. The first kappa shape index (κ1) is 11.0. The Morgan fingerprint density at radius 2 is 1.79 bits per heavy atom. The molecule has 0 spiro atoms. The zero-order valence-electron chi connectivity index (χ0n) is 9.07. The first-order chi connectivity index (χ1) is 6.79. The van der Waals surface area contributed by atoms with Gasteiger partial charge in [0.2, 0.25) is 0 Å². The van der Waals surface area contributed by atoms with Crippen molar-refractivity contribution in [3.05, 3.63) is 41.5 Å². The Kier molecular flexibility index (Phi) is 3.90. The van der Waals surface area contributed by atoms with Crippen molar-refractivity contribution in [2.24, 2.45) is 5.92 Å². The molecule has 0 aromatic heterocycles. The van der Waals surface area contributed by atoms with Crippen LogP contribution in [0.4, 0.5) is 0 Å². The van der Waals surface area contributed by atoms with Crippen molar-refractivity contribution in [3.63, 3.8) is 0 Å². The van der Waals surface area contributed by atoms with Crippen LogP contribution >= 0.6 is 0 Å². The molecule has 0 radical (unpaired) electrons. The number of aliphatic hydroxyl groups is 1. The Balaban J connectivity index is 0.000000461. The topological polar surface area (TPSA) is 20.2 Å². The molecule has 1 aliphatic carbocycles. The lowest BCUT2D eigenvalue weighted by Crippen LogP contribution is -2.11. The fourth-order valence-corrected chi connectivity index (χ4v) is 1.58. The number of benzene rings is 1. The maximum atomic E-state index is 9.78. The minimum Gasteiger partial charge on any atom is -0.388 e. The Labute approximate surface area is 86.1 Å². The van der Waals surface area contributed by atoms with Crippen LogP contribution in [-0.4, -0.2) is 5.11 Å². The second-order valence-electron chi connectivity index (χ2n) is 3.29. The van der Waals surface area contributed by atoms with Gasteiger partial charge < -0.3 is 5.11 Å². The van der Waals surface area contributed by atoms with Gasteiger partial charge in [-0.2, -0.15) is 0 Å². The van der Waals surface area contributed by atoms with Gasteiger partial charge in [0, 0.05) is 5.92 Å². The predicted molar refractivity (Wildman–Crippen MR) is 60.9 cm³/mol. The van der Waals surface area contributed by atoms with Gasteiger partial charge in [0.25, 0.3) is 0 Å². The molecule has 0 saturated carbocycles. The summed E-state index contributed by atoms with van der Waals surface area (Å²) in [6.45, 7) is 6.02. The van der Waals surface area contributed by atoms with E-state index in [-0.39, 0.29) is 12.0 Å². The Bertz CT molecular complexity index is 315. The summed E-state index contributed by atoms with van der Waals surface area (Å²) in [5.74, 6) is 0.236. The third-order valence-electron chi connectivity index (χ3n) is 2.39. The predicted octanol–water partition coefficient (Wildman–Crippen LogP) is 3.41. The summed E-state index contributed by atoms with van der Waals surface area (Å²) in [5.41, 5.74) is 2.19. The van der Waals surface area contributed by atoms with E-state index in [2.05, 4.69) is 6.08 Å². The van der Waals surface area contributed by atoms with Gasteiger partial charge in [0.15, 0.2) is 0 Å². The molecular weight excluding hydrogens is 172 g/mol. The third kappa shape index (κ3) is 2.05. The summed E-state index contributed by atoms with van der Waals surface area (Å²) in [4.78, 5) is 0. The van der Waals surface area contributed by atoms with Crippen molar-refractivity contribution in [2.45, 2.75) is 26.9 Å². The van der Waals surface area contributed by atoms with Crippen LogP contribution in [0.1, 0.15) is 38.0 Å². The van der Waals surface area contributed by atoms with E-state index in [1.807, 2.05) is 51.1 Å². The summed E-state index contributed by atoms with van der Waals surface area (Å²) in [5, 5.41) is 9.78. The van der Waals surface area contributed by atoms with Crippen LogP contribution in [0.5, 0.6) is 0 Å². The summed E-state index contributed by atoms with van der Waals surface area (Å²) >= 11 is 0. The van der Waals surface area contributed by atoms with Crippen LogP contribution in [0, 0.1) is 5.92 Å². The number of fused-ring (bicyclic) bond motifs is 1. The second-order valence-corrected chi connectivity index (χ2v) is 3.29. The van der Waals surface area contributed by atoms with E-state index in [4.69, 9.17) is 0 Å². The zero-order valence-corrected chi connectivity index (χ0v) is 9.07. The van der Waals surface area contributed by atoms with Gasteiger partial charge >= 0.3 is 0 Å². The number of aliphatic hydroxyl groups excluding tert-OH is 1. The molecule has 1 N–H and O–H groups in total. The van der Waals surface area contributed by atoms with E-state index in [1.54, 1.807) is 0 Å². The summed E-state index contributed by atoms with van der Waals surface area (Å²) < 4.78 is 0. The lowest BCUT2D eigenvalue weighted by Gasteiger charge is -2.22. The molecule has 1 unspecified atom stereocenters. The first-order valence-electron chi connectivity index (χ1n) is 5.24. The van der Waals surface area contributed by atoms with Crippen molar-refractivity contribution in [1.82, 2.24) is 0 Å². The average Bonchev–Trinajstić information content (AvgIpc) is 2.27. The summed E-state index contributed by atoms with van der Waals surface area (Å²) in [7, 11) is 0. The molecule has 1 nitrogen and oxygen atoms in total. The molecule has 0 heterocycles. The highest BCUT2D eigenvalue weighted by Crippen LogP contribution is 2.31. The molecular formula is C13H18O. The Morgan fingerprint density at radius 1 is 1.14 bits per heavy atom. The molecule has 1 aromatic rings. The molecule has 1 aliphatic rings. The molecule has 2 atom stereocenters. The largest absolute Gasteiger partial charge is 0.388 e. The molecule has 0 aliphatic heterocycles. The van der Waals surface area contributed by atoms with E-state index in [9.17, 15) is 5.11 Å². The van der Waals surface area contributed by atoms with Crippen molar-refractivity contribution in [1.29, 1.82) is 0 Å². The molecule has 0 fully saturated rings. The molecule has 2 rings (SSSR count). The number of hydrogen-bond acceptors (Lipinski definition) is 1. The van der Waals surface area contributed by atoms with Gasteiger partial charge in [0.1, 0.15) is 0 Å². The molecule has 0 bridgehead atoms. The fourth-order valence-electron chi connectivity index (χ4n) is 1.58. The summed E-state index contributed by atoms with van der Waals surface area (Å²) in [6, 6.07) is 7.97. The minimum absolute atomic E-state index is 0.236. The van der Waals surface area contributed by atoms with Gasteiger partial charge in [-0.05, 0) is 11.1 Å². The SMILES string of the molecule is CC.CC1C=Cc2ccccc2[C@H]1O. The van der Waals surface area contributed by atoms with Gasteiger partial charge in [-0.3, -0.25) is 0 Å². The van der Waals surface area contributed by atoms with Crippen LogP contribution in [0.15, 0.2) is 30.3 Å². The van der Waals surface area contributed by atoms with Crippen molar-refractivity contribution < 1.29 is 5.11 Å². The number of hydrogen-bond donors (Lipinski definition) is 1. The highest BCUT2D eigenvalue weighted by atomic mass is 16.3. The maximum Gasteiger partial charge on any atom is 0.0855 e. The quantitative estimate of drug-likeness (QED) is 0.664.